The number of guanidine groups is 1. The van der Waals surface area contributed by atoms with Gasteiger partial charge in [-0.2, -0.15) is 0 Å². The predicted molar refractivity (Wildman–Crippen MR) is 113 cm³/mol. The van der Waals surface area contributed by atoms with Crippen LogP contribution >= 0.6 is 24.0 Å². The van der Waals surface area contributed by atoms with Crippen LogP contribution in [0.25, 0.3) is 0 Å². The Bertz CT molecular complexity index is 552. The van der Waals surface area contributed by atoms with E-state index >= 15 is 0 Å². The van der Waals surface area contributed by atoms with Crippen molar-refractivity contribution in [1.82, 2.24) is 10.6 Å². The van der Waals surface area contributed by atoms with Crippen molar-refractivity contribution >= 4 is 41.5 Å². The molecule has 0 saturated carbocycles. The molecule has 0 aliphatic carbocycles. The van der Waals surface area contributed by atoms with Crippen LogP contribution in [0.3, 0.4) is 0 Å². The minimum absolute atomic E-state index is 0. The van der Waals surface area contributed by atoms with Crippen molar-refractivity contribution in [1.29, 1.82) is 0 Å². The van der Waals surface area contributed by atoms with Crippen LogP contribution in [0.15, 0.2) is 29.3 Å². The molecule has 1 rings (SSSR count). The molecule has 1 atom stereocenters. The summed E-state index contributed by atoms with van der Waals surface area (Å²) in [6, 6.07) is 7.86. The second kappa shape index (κ2) is 10.5. The monoisotopic (exact) mass is 446 g/mol. The van der Waals surface area contributed by atoms with Crippen molar-refractivity contribution in [2.45, 2.75) is 53.1 Å². The molecule has 6 heteroatoms. The lowest BCUT2D eigenvalue weighted by atomic mass is 10.1. The second-order valence-corrected chi connectivity index (χ2v) is 6.80. The van der Waals surface area contributed by atoms with Crippen molar-refractivity contribution in [2.24, 2.45) is 10.9 Å². The molecule has 1 aromatic carbocycles. The van der Waals surface area contributed by atoms with Crippen LogP contribution in [0.4, 0.5) is 5.69 Å². The summed E-state index contributed by atoms with van der Waals surface area (Å²) in [4.78, 5) is 16.2. The highest BCUT2D eigenvalue weighted by atomic mass is 127. The standard InChI is InChI=1S/C18H30N4O.HI/c1-7-13(2)16(23)21-15-10-8-9-14(11-15)12-20-17(19-6)22-18(3,4)5;/h8-11,13H,7,12H2,1-6H3,(H,21,23)(H2,19,20,22);1H. The molecule has 1 amide bonds. The van der Waals surface area contributed by atoms with Crippen LogP contribution in [0.2, 0.25) is 0 Å². The highest BCUT2D eigenvalue weighted by molar-refractivity contribution is 14.0. The van der Waals surface area contributed by atoms with Crippen molar-refractivity contribution in [2.75, 3.05) is 12.4 Å². The van der Waals surface area contributed by atoms with Gasteiger partial charge in [-0.15, -0.1) is 24.0 Å². The maximum atomic E-state index is 12.0. The van der Waals surface area contributed by atoms with E-state index in [1.165, 1.54) is 0 Å². The third-order valence-electron chi connectivity index (χ3n) is 3.43. The Morgan fingerprint density at radius 3 is 2.50 bits per heavy atom. The highest BCUT2D eigenvalue weighted by Gasteiger charge is 2.12. The number of hydrogen-bond donors (Lipinski definition) is 3. The molecular formula is C18H31IN4O. The number of rotatable bonds is 5. The molecule has 1 aromatic rings. The molecule has 0 saturated heterocycles. The number of carbonyl (C=O) groups is 1. The van der Waals surface area contributed by atoms with E-state index in [0.717, 1.165) is 23.6 Å². The van der Waals surface area contributed by atoms with Crippen LogP contribution in [-0.2, 0) is 11.3 Å². The molecule has 0 bridgehead atoms. The minimum Gasteiger partial charge on any atom is -0.352 e. The van der Waals surface area contributed by atoms with Crippen LogP contribution < -0.4 is 16.0 Å². The third-order valence-corrected chi connectivity index (χ3v) is 3.43. The van der Waals surface area contributed by atoms with E-state index in [-0.39, 0.29) is 41.3 Å². The molecule has 136 valence electrons. The summed E-state index contributed by atoms with van der Waals surface area (Å²) in [5.74, 6) is 0.834. The van der Waals surface area contributed by atoms with E-state index in [1.807, 2.05) is 38.1 Å². The summed E-state index contributed by atoms with van der Waals surface area (Å²) >= 11 is 0. The number of aliphatic imine (C=N–C) groups is 1. The van der Waals surface area contributed by atoms with Crippen LogP contribution in [0, 0.1) is 5.92 Å². The van der Waals surface area contributed by atoms with Crippen LogP contribution in [0.1, 0.15) is 46.6 Å². The number of carbonyl (C=O) groups excluding carboxylic acids is 1. The van der Waals surface area contributed by atoms with Gasteiger partial charge in [0.2, 0.25) is 5.91 Å². The molecular weight excluding hydrogens is 415 g/mol. The maximum absolute atomic E-state index is 12.0. The second-order valence-electron chi connectivity index (χ2n) is 6.80. The summed E-state index contributed by atoms with van der Waals surface area (Å²) < 4.78 is 0. The first-order valence-corrected chi connectivity index (χ1v) is 8.13. The largest absolute Gasteiger partial charge is 0.352 e. The lowest BCUT2D eigenvalue weighted by Gasteiger charge is -2.23. The zero-order valence-electron chi connectivity index (χ0n) is 15.6. The van der Waals surface area contributed by atoms with Gasteiger partial charge in [0.1, 0.15) is 0 Å². The lowest BCUT2D eigenvalue weighted by Crippen LogP contribution is -2.47. The zero-order valence-corrected chi connectivity index (χ0v) is 17.9. The summed E-state index contributed by atoms with van der Waals surface area (Å²) in [7, 11) is 1.75. The van der Waals surface area contributed by atoms with Crippen molar-refractivity contribution in [3.05, 3.63) is 29.8 Å². The van der Waals surface area contributed by atoms with Crippen molar-refractivity contribution in [3.8, 4) is 0 Å². The van der Waals surface area contributed by atoms with Crippen LogP contribution in [-0.4, -0.2) is 24.5 Å². The smallest absolute Gasteiger partial charge is 0.227 e. The molecule has 0 aromatic heterocycles. The van der Waals surface area contributed by atoms with Gasteiger partial charge in [0.05, 0.1) is 0 Å². The summed E-state index contributed by atoms with van der Waals surface area (Å²) in [5, 5.41) is 9.56. The number of nitrogens with zero attached hydrogens (tertiary/aromatic N) is 1. The molecule has 0 spiro atoms. The van der Waals surface area contributed by atoms with Gasteiger partial charge in [0.15, 0.2) is 5.96 Å². The summed E-state index contributed by atoms with van der Waals surface area (Å²) in [5.41, 5.74) is 1.87. The first-order valence-electron chi connectivity index (χ1n) is 8.13. The fraction of sp³-hybridized carbons (Fsp3) is 0.556. The molecule has 0 fully saturated rings. The van der Waals surface area contributed by atoms with Gasteiger partial charge in [0, 0.05) is 30.7 Å². The first-order chi connectivity index (χ1) is 10.7. The van der Waals surface area contributed by atoms with E-state index in [2.05, 4.69) is 41.7 Å². The number of nitrogens with one attached hydrogen (secondary N) is 3. The first kappa shape index (κ1) is 22.7. The topological polar surface area (TPSA) is 65.5 Å². The molecule has 24 heavy (non-hydrogen) atoms. The van der Waals surface area contributed by atoms with Gasteiger partial charge in [-0.3, -0.25) is 9.79 Å². The average Bonchev–Trinajstić information content (AvgIpc) is 2.49. The minimum atomic E-state index is -0.0477. The molecule has 0 aliphatic heterocycles. The van der Waals surface area contributed by atoms with Crippen LogP contribution in [0.5, 0.6) is 0 Å². The Balaban J connectivity index is 0.00000529. The quantitative estimate of drug-likeness (QED) is 0.367. The Labute approximate surface area is 163 Å². The summed E-state index contributed by atoms with van der Waals surface area (Å²) in [6.45, 7) is 10.9. The summed E-state index contributed by atoms with van der Waals surface area (Å²) in [6.07, 6.45) is 0.835. The Hall–Kier alpha value is -1.31. The van der Waals surface area contributed by atoms with E-state index in [1.54, 1.807) is 7.05 Å². The molecule has 0 aliphatic rings. The molecule has 3 N–H and O–H groups in total. The normalized spacial score (nSPS) is 12.8. The highest BCUT2D eigenvalue weighted by Crippen LogP contribution is 2.13. The Kier molecular flexibility index (Phi) is 9.96. The van der Waals surface area contributed by atoms with Gasteiger partial charge in [-0.1, -0.05) is 26.0 Å². The SMILES string of the molecule is CCC(C)C(=O)Nc1cccc(CNC(=NC)NC(C)(C)C)c1.I. The average molecular weight is 446 g/mol. The van der Waals surface area contributed by atoms with Crippen molar-refractivity contribution < 1.29 is 4.79 Å². The number of benzene rings is 1. The van der Waals surface area contributed by atoms with Gasteiger partial charge in [-0.25, -0.2) is 0 Å². The maximum Gasteiger partial charge on any atom is 0.227 e. The molecule has 0 radical (unpaired) electrons. The lowest BCUT2D eigenvalue weighted by molar-refractivity contribution is -0.119. The van der Waals surface area contributed by atoms with Gasteiger partial charge < -0.3 is 16.0 Å². The Morgan fingerprint density at radius 2 is 1.96 bits per heavy atom. The Morgan fingerprint density at radius 1 is 1.29 bits per heavy atom. The zero-order chi connectivity index (χ0) is 17.5. The number of hydrogen-bond acceptors (Lipinski definition) is 2. The predicted octanol–water partition coefficient (Wildman–Crippen LogP) is 3.75. The fourth-order valence-electron chi connectivity index (χ4n) is 1.93. The van der Waals surface area contributed by atoms with E-state index in [4.69, 9.17) is 0 Å². The number of halogens is 1. The van der Waals surface area contributed by atoms with E-state index < -0.39 is 0 Å². The van der Waals surface area contributed by atoms with Gasteiger partial charge >= 0.3 is 0 Å². The molecule has 0 heterocycles. The third kappa shape index (κ3) is 8.52. The molecule has 1 unspecified atom stereocenters. The fourth-order valence-corrected chi connectivity index (χ4v) is 1.93. The van der Waals surface area contributed by atoms with E-state index in [0.29, 0.717) is 6.54 Å². The van der Waals surface area contributed by atoms with Gasteiger partial charge in [0.25, 0.3) is 0 Å². The van der Waals surface area contributed by atoms with E-state index in [9.17, 15) is 4.79 Å². The molecule has 5 nitrogen and oxygen atoms in total. The van der Waals surface area contributed by atoms with Crippen molar-refractivity contribution in [3.63, 3.8) is 0 Å². The number of anilines is 1. The number of amides is 1. The van der Waals surface area contributed by atoms with Gasteiger partial charge in [-0.05, 0) is 44.9 Å².